The third-order valence-electron chi connectivity index (χ3n) is 5.42. The Balaban J connectivity index is 1.86. The first-order valence-electron chi connectivity index (χ1n) is 9.57. The van der Waals surface area contributed by atoms with Gasteiger partial charge >= 0.3 is 6.09 Å². The second-order valence-corrected chi connectivity index (χ2v) is 8.71. The van der Waals surface area contributed by atoms with Gasteiger partial charge in [-0.05, 0) is 52.9 Å². The number of amides is 2. The molecule has 2 amide bonds. The lowest BCUT2D eigenvalue weighted by Gasteiger charge is -2.35. The van der Waals surface area contributed by atoms with Gasteiger partial charge in [-0.25, -0.2) is 4.79 Å². The molecule has 0 bridgehead atoms. The average molecular weight is 354 g/mol. The van der Waals surface area contributed by atoms with E-state index in [4.69, 9.17) is 4.74 Å². The highest BCUT2D eigenvalue weighted by Crippen LogP contribution is 2.22. The van der Waals surface area contributed by atoms with Crippen LogP contribution in [0.3, 0.4) is 0 Å². The van der Waals surface area contributed by atoms with E-state index in [2.05, 4.69) is 11.8 Å². The summed E-state index contributed by atoms with van der Waals surface area (Å²) in [6.07, 6.45) is 2.79. The Kier molecular flexibility index (Phi) is 6.35. The summed E-state index contributed by atoms with van der Waals surface area (Å²) in [7, 11) is 1.79. The van der Waals surface area contributed by atoms with Crippen molar-refractivity contribution in [2.75, 3.05) is 33.2 Å². The molecule has 0 aromatic rings. The molecule has 6 nitrogen and oxygen atoms in total. The van der Waals surface area contributed by atoms with Crippen LogP contribution in [0, 0.1) is 5.92 Å². The Morgan fingerprint density at radius 2 is 1.72 bits per heavy atom. The first-order valence-corrected chi connectivity index (χ1v) is 9.57. The van der Waals surface area contributed by atoms with Crippen LogP contribution >= 0.6 is 0 Å². The van der Waals surface area contributed by atoms with Gasteiger partial charge in [0.25, 0.3) is 0 Å². The zero-order chi connectivity index (χ0) is 18.8. The highest BCUT2D eigenvalue weighted by Gasteiger charge is 2.36. The number of carbonyl (C=O) groups is 2. The molecule has 144 valence electrons. The molecular formula is C19H35N3O3. The molecule has 2 aliphatic heterocycles. The Hall–Kier alpha value is -1.30. The van der Waals surface area contributed by atoms with Crippen molar-refractivity contribution in [1.29, 1.82) is 0 Å². The van der Waals surface area contributed by atoms with Crippen LogP contribution in [0.25, 0.3) is 0 Å². The lowest BCUT2D eigenvalue weighted by Crippen LogP contribution is -2.49. The molecule has 0 N–H and O–H groups in total. The van der Waals surface area contributed by atoms with E-state index in [1.807, 2.05) is 32.6 Å². The van der Waals surface area contributed by atoms with Crippen molar-refractivity contribution in [2.45, 2.75) is 71.6 Å². The zero-order valence-corrected chi connectivity index (χ0v) is 16.7. The van der Waals surface area contributed by atoms with Crippen LogP contribution in [0.4, 0.5) is 4.79 Å². The second kappa shape index (κ2) is 7.94. The quantitative estimate of drug-likeness (QED) is 0.782. The molecule has 2 saturated heterocycles. The van der Waals surface area contributed by atoms with Crippen LogP contribution in [0.2, 0.25) is 0 Å². The van der Waals surface area contributed by atoms with Crippen LogP contribution in [0.1, 0.15) is 53.9 Å². The lowest BCUT2D eigenvalue weighted by molar-refractivity contribution is -0.137. The summed E-state index contributed by atoms with van der Waals surface area (Å²) in [6.45, 7) is 13.2. The summed E-state index contributed by atoms with van der Waals surface area (Å²) >= 11 is 0. The van der Waals surface area contributed by atoms with Crippen LogP contribution in [-0.4, -0.2) is 77.6 Å². The third kappa shape index (κ3) is 5.33. The van der Waals surface area contributed by atoms with Gasteiger partial charge in [0.1, 0.15) is 5.60 Å². The molecule has 0 radical (unpaired) electrons. The fourth-order valence-corrected chi connectivity index (χ4v) is 3.57. The monoisotopic (exact) mass is 353 g/mol. The number of hydrogen-bond acceptors (Lipinski definition) is 4. The van der Waals surface area contributed by atoms with Gasteiger partial charge in [-0.15, -0.1) is 0 Å². The maximum Gasteiger partial charge on any atom is 0.410 e. The molecule has 0 saturated carbocycles. The molecule has 2 heterocycles. The molecule has 0 aliphatic carbocycles. The molecule has 2 atom stereocenters. The summed E-state index contributed by atoms with van der Waals surface area (Å²) in [5, 5.41) is 0. The highest BCUT2D eigenvalue weighted by molar-refractivity contribution is 5.81. The zero-order valence-electron chi connectivity index (χ0n) is 16.7. The Labute approximate surface area is 152 Å². The first kappa shape index (κ1) is 20.0. The van der Waals surface area contributed by atoms with E-state index in [9.17, 15) is 9.59 Å². The standard InChI is InChI=1S/C19H35N3O3/c1-14-7-10-21(11-8-14)17(23)15(2)22-12-9-16(13-22)20(6)18(24)25-19(3,4)5/h14-16H,7-13H2,1-6H3/t15-,16-/m0/s1. The van der Waals surface area contributed by atoms with E-state index in [1.54, 1.807) is 11.9 Å². The number of carbonyl (C=O) groups excluding carboxylic acids is 2. The van der Waals surface area contributed by atoms with Gasteiger partial charge < -0.3 is 14.5 Å². The van der Waals surface area contributed by atoms with Gasteiger partial charge in [-0.2, -0.15) is 0 Å². The maximum absolute atomic E-state index is 12.8. The van der Waals surface area contributed by atoms with Crippen molar-refractivity contribution in [2.24, 2.45) is 5.92 Å². The van der Waals surface area contributed by atoms with Crippen molar-refractivity contribution >= 4 is 12.0 Å². The van der Waals surface area contributed by atoms with E-state index in [0.717, 1.165) is 51.4 Å². The number of piperidine rings is 1. The molecule has 2 aliphatic rings. The predicted molar refractivity (Wildman–Crippen MR) is 98.4 cm³/mol. The van der Waals surface area contributed by atoms with Gasteiger partial charge in [0.2, 0.25) is 5.91 Å². The summed E-state index contributed by atoms with van der Waals surface area (Å²) in [6, 6.07) is -0.0167. The first-order chi connectivity index (χ1) is 11.6. The normalized spacial score (nSPS) is 24.2. The van der Waals surface area contributed by atoms with Gasteiger partial charge in [-0.3, -0.25) is 9.69 Å². The maximum atomic E-state index is 12.8. The van der Waals surface area contributed by atoms with E-state index < -0.39 is 5.60 Å². The van der Waals surface area contributed by atoms with E-state index in [0.29, 0.717) is 0 Å². The molecule has 0 aromatic carbocycles. The second-order valence-electron chi connectivity index (χ2n) is 8.71. The fourth-order valence-electron chi connectivity index (χ4n) is 3.57. The molecule has 2 rings (SSSR count). The van der Waals surface area contributed by atoms with Crippen molar-refractivity contribution in [3.05, 3.63) is 0 Å². The molecule has 0 spiro atoms. The summed E-state index contributed by atoms with van der Waals surface area (Å²) in [5.74, 6) is 0.950. The number of ether oxygens (including phenoxy) is 1. The van der Waals surface area contributed by atoms with Gasteiger partial charge in [-0.1, -0.05) is 6.92 Å². The van der Waals surface area contributed by atoms with Crippen molar-refractivity contribution in [3.8, 4) is 0 Å². The van der Waals surface area contributed by atoms with E-state index in [-0.39, 0.29) is 24.1 Å². The van der Waals surface area contributed by atoms with Gasteiger partial charge in [0.15, 0.2) is 0 Å². The van der Waals surface area contributed by atoms with Crippen molar-refractivity contribution < 1.29 is 14.3 Å². The number of rotatable bonds is 3. The minimum absolute atomic E-state index is 0.103. The van der Waals surface area contributed by atoms with Crippen molar-refractivity contribution in [3.63, 3.8) is 0 Å². The predicted octanol–water partition coefficient (Wildman–Crippen LogP) is 2.57. The number of likely N-dealkylation sites (tertiary alicyclic amines) is 2. The summed E-state index contributed by atoms with van der Waals surface area (Å²) in [5.41, 5.74) is -0.488. The summed E-state index contributed by atoms with van der Waals surface area (Å²) < 4.78 is 5.45. The topological polar surface area (TPSA) is 53.1 Å². The van der Waals surface area contributed by atoms with Crippen LogP contribution < -0.4 is 0 Å². The molecule has 6 heteroatoms. The molecule has 0 aromatic heterocycles. The number of hydrogen-bond donors (Lipinski definition) is 0. The van der Waals surface area contributed by atoms with Gasteiger partial charge in [0.05, 0.1) is 6.04 Å². The summed E-state index contributed by atoms with van der Waals surface area (Å²) in [4.78, 5) is 30.9. The number of likely N-dealkylation sites (N-methyl/N-ethyl adjacent to an activating group) is 1. The Morgan fingerprint density at radius 1 is 1.12 bits per heavy atom. The lowest BCUT2D eigenvalue weighted by atomic mass is 9.99. The van der Waals surface area contributed by atoms with Crippen LogP contribution in [-0.2, 0) is 9.53 Å². The number of nitrogens with zero attached hydrogens (tertiary/aromatic N) is 3. The minimum atomic E-state index is -0.488. The van der Waals surface area contributed by atoms with E-state index >= 15 is 0 Å². The molecule has 0 unspecified atom stereocenters. The SMILES string of the molecule is CC1CCN(C(=O)[C@H](C)N2CC[C@H](N(C)C(=O)OC(C)(C)C)C2)CC1. The third-order valence-corrected chi connectivity index (χ3v) is 5.42. The Bertz CT molecular complexity index is 481. The fraction of sp³-hybridized carbons (Fsp3) is 0.895. The molecule has 2 fully saturated rings. The van der Waals surface area contributed by atoms with Crippen molar-refractivity contribution in [1.82, 2.24) is 14.7 Å². The largest absolute Gasteiger partial charge is 0.444 e. The van der Waals surface area contributed by atoms with E-state index in [1.165, 1.54) is 0 Å². The average Bonchev–Trinajstić information content (AvgIpc) is 3.01. The minimum Gasteiger partial charge on any atom is -0.444 e. The molecule has 25 heavy (non-hydrogen) atoms. The highest BCUT2D eigenvalue weighted by atomic mass is 16.6. The van der Waals surface area contributed by atoms with Gasteiger partial charge in [0, 0.05) is 39.3 Å². The van der Waals surface area contributed by atoms with Crippen LogP contribution in [0.5, 0.6) is 0 Å². The van der Waals surface area contributed by atoms with Crippen LogP contribution in [0.15, 0.2) is 0 Å². The Morgan fingerprint density at radius 3 is 2.28 bits per heavy atom. The molecular weight excluding hydrogens is 318 g/mol. The smallest absolute Gasteiger partial charge is 0.410 e.